The molecule has 6 atom stereocenters. The lowest BCUT2D eigenvalue weighted by Crippen LogP contribution is -3.14. The van der Waals surface area contributed by atoms with Crippen molar-refractivity contribution in [2.75, 3.05) is 32.8 Å². The Bertz CT molecular complexity index is 757. The number of allylic oxidation sites excluding steroid dienone is 1. The number of hydrogen-bond donors (Lipinski definition) is 1. The molecule has 3 saturated carbocycles. The van der Waals surface area contributed by atoms with Crippen LogP contribution in [0.5, 0.6) is 0 Å². The molecule has 172 valence electrons. The minimum atomic E-state index is -0.0575. The van der Waals surface area contributed by atoms with E-state index in [2.05, 4.69) is 19.9 Å². The Balaban J connectivity index is 1.20. The third-order valence-corrected chi connectivity index (χ3v) is 9.95. The molecule has 0 radical (unpaired) electrons. The third-order valence-electron chi connectivity index (χ3n) is 9.95. The van der Waals surface area contributed by atoms with Crippen LogP contribution in [0, 0.1) is 28.6 Å². The van der Waals surface area contributed by atoms with Crippen LogP contribution < -0.4 is 4.90 Å². The second-order valence-corrected chi connectivity index (χ2v) is 11.4. The summed E-state index contributed by atoms with van der Waals surface area (Å²) in [4.78, 5) is 26.5. The molecule has 1 N–H and O–H groups in total. The second kappa shape index (κ2) is 8.30. The van der Waals surface area contributed by atoms with Crippen molar-refractivity contribution in [3.8, 4) is 0 Å². The zero-order valence-electron chi connectivity index (χ0n) is 19.4. The lowest BCUT2D eigenvalue weighted by Gasteiger charge is -2.56. The number of esters is 1. The average Bonchev–Trinajstić information content (AvgIpc) is 3.08. The van der Waals surface area contributed by atoms with Gasteiger partial charge in [0.1, 0.15) is 25.0 Å². The summed E-state index contributed by atoms with van der Waals surface area (Å²) in [7, 11) is 0. The van der Waals surface area contributed by atoms with Crippen LogP contribution in [0.1, 0.15) is 71.6 Å². The van der Waals surface area contributed by atoms with E-state index in [4.69, 9.17) is 9.47 Å². The fourth-order valence-corrected chi connectivity index (χ4v) is 7.93. The maximum absolute atomic E-state index is 12.6. The van der Waals surface area contributed by atoms with Gasteiger partial charge in [-0.25, -0.2) is 0 Å². The molecule has 0 unspecified atom stereocenters. The standard InChI is InChI=1S/C26H39NO4/c1-25-10-7-19(31-24(29)9-12-27-13-15-30-16-14-27)17-18(25)3-4-20-21-5-6-23(28)26(21,2)11-8-22(20)25/h3,19-22H,4-17H2,1-2H3/p+1/t19-,20+,21-,22+,25-,26-/m0/s1. The molecule has 0 bridgehead atoms. The summed E-state index contributed by atoms with van der Waals surface area (Å²) in [6.07, 6.45) is 11.3. The van der Waals surface area contributed by atoms with E-state index in [0.29, 0.717) is 30.0 Å². The van der Waals surface area contributed by atoms with Crippen LogP contribution in [-0.4, -0.2) is 50.7 Å². The van der Waals surface area contributed by atoms with E-state index >= 15 is 0 Å². The minimum absolute atomic E-state index is 0.0280. The van der Waals surface area contributed by atoms with Crippen molar-refractivity contribution in [2.24, 2.45) is 28.6 Å². The van der Waals surface area contributed by atoms with Gasteiger partial charge in [-0.15, -0.1) is 0 Å². The molecule has 1 saturated heterocycles. The molecule has 5 nitrogen and oxygen atoms in total. The highest BCUT2D eigenvalue weighted by molar-refractivity contribution is 5.87. The van der Waals surface area contributed by atoms with Crippen molar-refractivity contribution in [3.05, 3.63) is 11.6 Å². The molecule has 4 aliphatic carbocycles. The van der Waals surface area contributed by atoms with E-state index in [-0.39, 0.29) is 22.9 Å². The second-order valence-electron chi connectivity index (χ2n) is 11.4. The topological polar surface area (TPSA) is 57.0 Å². The largest absolute Gasteiger partial charge is 0.462 e. The number of fused-ring (bicyclic) bond motifs is 5. The number of carbonyl (C=O) groups excluding carboxylic acids is 2. The van der Waals surface area contributed by atoms with Crippen molar-refractivity contribution in [1.82, 2.24) is 0 Å². The van der Waals surface area contributed by atoms with E-state index in [0.717, 1.165) is 77.8 Å². The van der Waals surface area contributed by atoms with E-state index < -0.39 is 0 Å². The Morgan fingerprint density at radius 1 is 1.13 bits per heavy atom. The van der Waals surface area contributed by atoms with Gasteiger partial charge >= 0.3 is 5.97 Å². The van der Waals surface area contributed by atoms with Gasteiger partial charge in [0.15, 0.2) is 0 Å². The van der Waals surface area contributed by atoms with Gasteiger partial charge in [-0.05, 0) is 61.7 Å². The van der Waals surface area contributed by atoms with Gasteiger partial charge in [0.2, 0.25) is 0 Å². The molecule has 0 amide bonds. The minimum Gasteiger partial charge on any atom is -0.462 e. The molecule has 0 aromatic rings. The number of Topliss-reactive ketones (excluding diaryl/α,β-unsaturated/α-hetero) is 1. The van der Waals surface area contributed by atoms with Crippen molar-refractivity contribution >= 4 is 11.8 Å². The lowest BCUT2D eigenvalue weighted by molar-refractivity contribution is -0.907. The molecule has 5 rings (SSSR count). The van der Waals surface area contributed by atoms with Crippen LogP contribution in [0.25, 0.3) is 0 Å². The van der Waals surface area contributed by atoms with Crippen molar-refractivity contribution in [1.29, 1.82) is 0 Å². The Hall–Kier alpha value is -1.20. The quantitative estimate of drug-likeness (QED) is 0.550. The van der Waals surface area contributed by atoms with E-state index in [9.17, 15) is 9.59 Å². The summed E-state index contributed by atoms with van der Waals surface area (Å²) < 4.78 is 11.3. The van der Waals surface area contributed by atoms with E-state index in [1.54, 1.807) is 0 Å². The summed E-state index contributed by atoms with van der Waals surface area (Å²) in [6.45, 7) is 9.17. The van der Waals surface area contributed by atoms with Crippen LogP contribution in [0.2, 0.25) is 0 Å². The van der Waals surface area contributed by atoms with Crippen LogP contribution in [-0.2, 0) is 19.1 Å². The Morgan fingerprint density at radius 2 is 1.87 bits per heavy atom. The number of carbonyl (C=O) groups is 2. The van der Waals surface area contributed by atoms with Crippen molar-refractivity contribution < 1.29 is 24.0 Å². The molecular weight excluding hydrogens is 390 g/mol. The number of ether oxygens (including phenoxy) is 2. The summed E-state index contributed by atoms with van der Waals surface area (Å²) in [5, 5.41) is 0. The molecular formula is C26H40NO4+. The Labute approximate surface area is 186 Å². The highest BCUT2D eigenvalue weighted by Crippen LogP contribution is 2.64. The van der Waals surface area contributed by atoms with Crippen LogP contribution in [0.4, 0.5) is 0 Å². The van der Waals surface area contributed by atoms with Crippen LogP contribution in [0.15, 0.2) is 11.6 Å². The van der Waals surface area contributed by atoms with Crippen molar-refractivity contribution in [2.45, 2.75) is 77.7 Å². The molecule has 1 aliphatic heterocycles. The van der Waals surface area contributed by atoms with Crippen LogP contribution >= 0.6 is 0 Å². The molecule has 31 heavy (non-hydrogen) atoms. The highest BCUT2D eigenvalue weighted by atomic mass is 16.5. The number of morpholine rings is 1. The maximum Gasteiger partial charge on any atom is 0.311 e. The number of ketones is 1. The summed E-state index contributed by atoms with van der Waals surface area (Å²) >= 11 is 0. The fraction of sp³-hybridized carbons (Fsp3) is 0.846. The molecule has 4 fully saturated rings. The van der Waals surface area contributed by atoms with Crippen molar-refractivity contribution in [3.63, 3.8) is 0 Å². The third kappa shape index (κ3) is 3.80. The van der Waals surface area contributed by atoms with Gasteiger partial charge in [0.25, 0.3) is 0 Å². The first-order valence-electron chi connectivity index (χ1n) is 12.7. The molecule has 1 heterocycles. The highest BCUT2D eigenvalue weighted by Gasteiger charge is 2.58. The average molecular weight is 431 g/mol. The van der Waals surface area contributed by atoms with Gasteiger partial charge in [-0.2, -0.15) is 0 Å². The number of quaternary nitrogens is 1. The van der Waals surface area contributed by atoms with Crippen LogP contribution in [0.3, 0.4) is 0 Å². The number of nitrogens with one attached hydrogen (secondary N) is 1. The lowest BCUT2D eigenvalue weighted by atomic mass is 9.48. The zero-order valence-corrected chi connectivity index (χ0v) is 19.4. The zero-order chi connectivity index (χ0) is 21.6. The van der Waals surface area contributed by atoms with Gasteiger partial charge in [0, 0.05) is 18.3 Å². The number of rotatable bonds is 4. The smallest absolute Gasteiger partial charge is 0.311 e. The molecule has 5 heteroatoms. The normalized spacial score (nSPS) is 42.9. The first-order valence-corrected chi connectivity index (χ1v) is 12.7. The Morgan fingerprint density at radius 3 is 2.68 bits per heavy atom. The van der Waals surface area contributed by atoms with E-state index in [1.807, 2.05) is 0 Å². The summed E-state index contributed by atoms with van der Waals surface area (Å²) in [5.74, 6) is 2.42. The predicted octanol–water partition coefficient (Wildman–Crippen LogP) is 2.74. The summed E-state index contributed by atoms with van der Waals surface area (Å²) in [6, 6.07) is 0. The summed E-state index contributed by atoms with van der Waals surface area (Å²) in [5.41, 5.74) is 1.71. The Kier molecular flexibility index (Phi) is 5.79. The SMILES string of the molecule is C[C@]12CC[C@H](OC(=O)CC[NH+]3CCOCC3)CC1=CC[C@H]1[C@H]2CC[C@]2(C)C(=O)CC[C@@H]12. The predicted molar refractivity (Wildman–Crippen MR) is 118 cm³/mol. The first-order chi connectivity index (χ1) is 14.9. The molecule has 0 aromatic carbocycles. The van der Waals surface area contributed by atoms with Gasteiger partial charge in [0.05, 0.1) is 26.2 Å². The number of hydrogen-bond acceptors (Lipinski definition) is 4. The fourth-order valence-electron chi connectivity index (χ4n) is 7.93. The molecule has 0 aromatic heterocycles. The monoisotopic (exact) mass is 430 g/mol. The molecule has 5 aliphatic rings. The first kappa shape index (κ1) is 21.6. The van der Waals surface area contributed by atoms with Gasteiger partial charge in [-0.1, -0.05) is 25.5 Å². The van der Waals surface area contributed by atoms with Gasteiger partial charge in [-0.3, -0.25) is 9.59 Å². The van der Waals surface area contributed by atoms with Gasteiger partial charge < -0.3 is 14.4 Å². The molecule has 0 spiro atoms. The van der Waals surface area contributed by atoms with E-state index in [1.165, 1.54) is 16.9 Å². The maximum atomic E-state index is 12.6.